The van der Waals surface area contributed by atoms with Gasteiger partial charge in [0.15, 0.2) is 5.82 Å². The monoisotopic (exact) mass is 293 g/mol. The highest BCUT2D eigenvalue weighted by Gasteiger charge is 2.21. The van der Waals surface area contributed by atoms with Crippen LogP contribution in [0.4, 0.5) is 5.82 Å². The van der Waals surface area contributed by atoms with Crippen molar-refractivity contribution in [3.8, 4) is 0 Å². The minimum Gasteiger partial charge on any atom is -0.369 e. The summed E-state index contributed by atoms with van der Waals surface area (Å²) in [7, 11) is 0. The number of nitrogens with one attached hydrogen (secondary N) is 1. The molecule has 0 aromatic carbocycles. The molecule has 1 fully saturated rings. The highest BCUT2D eigenvalue weighted by atomic mass is 16.1. The number of carbonyl (C=O) groups is 1. The summed E-state index contributed by atoms with van der Waals surface area (Å²) in [6.07, 6.45) is 6.02. The topological polar surface area (TPSA) is 93.2 Å². The predicted molar refractivity (Wildman–Crippen MR) is 81.1 cm³/mol. The number of aryl methyl sites for hydroxylation is 1. The van der Waals surface area contributed by atoms with Gasteiger partial charge in [0.2, 0.25) is 5.91 Å². The van der Waals surface area contributed by atoms with Gasteiger partial charge in [-0.1, -0.05) is 6.92 Å². The predicted octanol–water partition coefficient (Wildman–Crippen LogP) is 0.0149. The first kappa shape index (κ1) is 15.5. The molecule has 1 aliphatic rings. The Bertz CT molecular complexity index is 534. The van der Waals surface area contributed by atoms with E-state index in [4.69, 9.17) is 5.73 Å². The number of hydrogen-bond acceptors (Lipinski definition) is 5. The Hall–Kier alpha value is -1.89. The molecule has 1 aromatic heterocycles. The maximum atomic E-state index is 12.2. The maximum Gasteiger partial charge on any atom is 0.293 e. The molecule has 2 heterocycles. The number of nitrogens with zero attached hydrogens (tertiary/aromatic N) is 3. The van der Waals surface area contributed by atoms with E-state index in [0.717, 1.165) is 32.4 Å². The standard InChI is InChI=1S/C14H23N5O2/c1-2-6-19-9-5-16-13(14(19)21)17-11-3-7-18(8-4-11)10-12(15)20/h5,9,11H,2-4,6-8,10H2,1H3,(H2,15,20)(H,16,17). The molecule has 0 unspecified atom stereocenters. The number of anilines is 1. The third-order valence-corrected chi connectivity index (χ3v) is 3.69. The highest BCUT2D eigenvalue weighted by molar-refractivity contribution is 5.75. The fourth-order valence-corrected chi connectivity index (χ4v) is 2.61. The van der Waals surface area contributed by atoms with Crippen LogP contribution in [0.5, 0.6) is 0 Å². The second-order valence-electron chi connectivity index (χ2n) is 5.44. The van der Waals surface area contributed by atoms with Crippen LogP contribution in [-0.4, -0.2) is 46.0 Å². The first-order chi connectivity index (χ1) is 10.1. The van der Waals surface area contributed by atoms with Crippen LogP contribution < -0.4 is 16.6 Å². The zero-order valence-electron chi connectivity index (χ0n) is 12.4. The molecule has 116 valence electrons. The molecular weight excluding hydrogens is 270 g/mol. The van der Waals surface area contributed by atoms with Crippen LogP contribution in [0.15, 0.2) is 17.2 Å². The number of rotatable bonds is 6. The van der Waals surface area contributed by atoms with Gasteiger partial charge in [-0.25, -0.2) is 4.98 Å². The molecule has 1 aliphatic heterocycles. The molecule has 0 bridgehead atoms. The van der Waals surface area contributed by atoms with Crippen molar-refractivity contribution in [1.29, 1.82) is 0 Å². The van der Waals surface area contributed by atoms with E-state index in [1.807, 2.05) is 11.8 Å². The molecule has 0 saturated carbocycles. The maximum absolute atomic E-state index is 12.2. The van der Waals surface area contributed by atoms with E-state index in [9.17, 15) is 9.59 Å². The zero-order valence-corrected chi connectivity index (χ0v) is 12.4. The van der Waals surface area contributed by atoms with Crippen LogP contribution in [0.1, 0.15) is 26.2 Å². The molecular formula is C14H23N5O2. The molecule has 0 spiro atoms. The van der Waals surface area contributed by atoms with Gasteiger partial charge in [-0.05, 0) is 19.3 Å². The Labute approximate surface area is 124 Å². The molecule has 7 heteroatoms. The van der Waals surface area contributed by atoms with Crippen molar-refractivity contribution >= 4 is 11.7 Å². The first-order valence-corrected chi connectivity index (χ1v) is 7.42. The second-order valence-corrected chi connectivity index (χ2v) is 5.44. The lowest BCUT2D eigenvalue weighted by Gasteiger charge is -2.31. The Morgan fingerprint density at radius 2 is 2.19 bits per heavy atom. The van der Waals surface area contributed by atoms with E-state index in [1.165, 1.54) is 0 Å². The van der Waals surface area contributed by atoms with Crippen molar-refractivity contribution in [3.63, 3.8) is 0 Å². The van der Waals surface area contributed by atoms with Crippen LogP contribution in [0.25, 0.3) is 0 Å². The molecule has 0 atom stereocenters. The van der Waals surface area contributed by atoms with Crippen LogP contribution in [0.3, 0.4) is 0 Å². The fraction of sp³-hybridized carbons (Fsp3) is 0.643. The molecule has 0 radical (unpaired) electrons. The van der Waals surface area contributed by atoms with Crippen LogP contribution in [-0.2, 0) is 11.3 Å². The smallest absolute Gasteiger partial charge is 0.293 e. The molecule has 1 amide bonds. The van der Waals surface area contributed by atoms with Gasteiger partial charge < -0.3 is 15.6 Å². The van der Waals surface area contributed by atoms with Crippen molar-refractivity contribution in [2.24, 2.45) is 5.73 Å². The summed E-state index contributed by atoms with van der Waals surface area (Å²) in [4.78, 5) is 29.3. The molecule has 1 saturated heterocycles. The van der Waals surface area contributed by atoms with E-state index in [-0.39, 0.29) is 17.5 Å². The number of nitrogens with two attached hydrogens (primary N) is 1. The number of hydrogen-bond donors (Lipinski definition) is 2. The van der Waals surface area contributed by atoms with E-state index in [1.54, 1.807) is 17.0 Å². The van der Waals surface area contributed by atoms with Crippen molar-refractivity contribution in [2.45, 2.75) is 38.8 Å². The van der Waals surface area contributed by atoms with Crippen molar-refractivity contribution in [2.75, 3.05) is 25.0 Å². The minimum absolute atomic E-state index is 0.0704. The van der Waals surface area contributed by atoms with Gasteiger partial charge in [0, 0.05) is 38.1 Å². The van der Waals surface area contributed by atoms with Crippen LogP contribution in [0.2, 0.25) is 0 Å². The third kappa shape index (κ3) is 4.29. The van der Waals surface area contributed by atoms with E-state index in [2.05, 4.69) is 10.3 Å². The Morgan fingerprint density at radius 1 is 1.48 bits per heavy atom. The number of aromatic nitrogens is 2. The van der Waals surface area contributed by atoms with Crippen molar-refractivity contribution < 1.29 is 4.79 Å². The molecule has 7 nitrogen and oxygen atoms in total. The molecule has 21 heavy (non-hydrogen) atoms. The van der Waals surface area contributed by atoms with E-state index < -0.39 is 0 Å². The molecule has 1 aromatic rings. The number of likely N-dealkylation sites (tertiary alicyclic amines) is 1. The van der Waals surface area contributed by atoms with Gasteiger partial charge in [0.1, 0.15) is 0 Å². The Balaban J connectivity index is 1.93. The van der Waals surface area contributed by atoms with Crippen LogP contribution >= 0.6 is 0 Å². The third-order valence-electron chi connectivity index (χ3n) is 3.69. The number of primary amides is 1. The van der Waals surface area contributed by atoms with E-state index in [0.29, 0.717) is 18.9 Å². The summed E-state index contributed by atoms with van der Waals surface area (Å²) in [6, 6.07) is 0.215. The van der Waals surface area contributed by atoms with Gasteiger partial charge in [-0.15, -0.1) is 0 Å². The zero-order chi connectivity index (χ0) is 15.2. The minimum atomic E-state index is -0.298. The average Bonchev–Trinajstić information content (AvgIpc) is 2.45. The molecule has 2 rings (SSSR count). The number of amides is 1. The van der Waals surface area contributed by atoms with Crippen LogP contribution in [0, 0.1) is 0 Å². The van der Waals surface area contributed by atoms with Gasteiger partial charge in [0.05, 0.1) is 6.54 Å². The summed E-state index contributed by atoms with van der Waals surface area (Å²) in [5, 5.41) is 3.23. The molecule has 3 N–H and O–H groups in total. The first-order valence-electron chi connectivity index (χ1n) is 7.42. The molecule has 0 aliphatic carbocycles. The van der Waals surface area contributed by atoms with E-state index >= 15 is 0 Å². The summed E-state index contributed by atoms with van der Waals surface area (Å²) in [6.45, 7) is 4.65. The van der Waals surface area contributed by atoms with Crippen molar-refractivity contribution in [1.82, 2.24) is 14.5 Å². The number of piperidine rings is 1. The Kier molecular flexibility index (Phi) is 5.32. The Morgan fingerprint density at radius 3 is 2.81 bits per heavy atom. The summed E-state index contributed by atoms with van der Waals surface area (Å²) in [5.41, 5.74) is 5.13. The number of carbonyl (C=O) groups excluding carboxylic acids is 1. The van der Waals surface area contributed by atoms with Gasteiger partial charge in [-0.2, -0.15) is 0 Å². The highest BCUT2D eigenvalue weighted by Crippen LogP contribution is 2.13. The average molecular weight is 293 g/mol. The second kappa shape index (κ2) is 7.21. The van der Waals surface area contributed by atoms with Gasteiger partial charge in [-0.3, -0.25) is 14.5 Å². The SMILES string of the molecule is CCCn1ccnc(NC2CCN(CC(N)=O)CC2)c1=O. The quantitative estimate of drug-likeness (QED) is 0.771. The fourth-order valence-electron chi connectivity index (χ4n) is 2.61. The summed E-state index contributed by atoms with van der Waals surface area (Å²) >= 11 is 0. The van der Waals surface area contributed by atoms with Gasteiger partial charge in [0.25, 0.3) is 5.56 Å². The lowest BCUT2D eigenvalue weighted by atomic mass is 10.1. The summed E-state index contributed by atoms with van der Waals surface area (Å²) < 4.78 is 1.68. The lowest BCUT2D eigenvalue weighted by Crippen LogP contribution is -2.43. The normalized spacial score (nSPS) is 16.8. The van der Waals surface area contributed by atoms with Crippen molar-refractivity contribution in [3.05, 3.63) is 22.7 Å². The largest absolute Gasteiger partial charge is 0.369 e. The summed E-state index contributed by atoms with van der Waals surface area (Å²) in [5.74, 6) is 0.118. The lowest BCUT2D eigenvalue weighted by molar-refractivity contribution is -0.119. The van der Waals surface area contributed by atoms with Gasteiger partial charge >= 0.3 is 0 Å².